The molecular formula is C16H20N2O3. The molecule has 0 amide bonds. The zero-order valence-electron chi connectivity index (χ0n) is 12.8. The van der Waals surface area contributed by atoms with Gasteiger partial charge >= 0.3 is 0 Å². The van der Waals surface area contributed by atoms with E-state index in [1.807, 2.05) is 45.9 Å². The van der Waals surface area contributed by atoms with Crippen LogP contribution in [0.4, 0.5) is 5.69 Å². The smallest absolute Gasteiger partial charge is 0.248 e. The standard InChI is InChI=1S/C16H20N2O3/c1-5-16(4)19-14-7-6-12(8-15(14)20-16)17-9-13-10(2)18-21-11(13)3/h6-8,17H,5,9H2,1-4H3/t16-/m0/s1. The van der Waals surface area contributed by atoms with Crippen LogP contribution in [-0.2, 0) is 6.54 Å². The van der Waals surface area contributed by atoms with Crippen LogP contribution in [0.3, 0.4) is 0 Å². The van der Waals surface area contributed by atoms with E-state index in [2.05, 4.69) is 10.5 Å². The number of benzene rings is 1. The van der Waals surface area contributed by atoms with Gasteiger partial charge in [-0.1, -0.05) is 12.1 Å². The van der Waals surface area contributed by atoms with Crippen molar-refractivity contribution in [2.45, 2.75) is 46.4 Å². The molecule has 112 valence electrons. The molecule has 1 atom stereocenters. The van der Waals surface area contributed by atoms with Gasteiger partial charge < -0.3 is 19.3 Å². The summed E-state index contributed by atoms with van der Waals surface area (Å²) in [6, 6.07) is 5.89. The molecule has 1 N–H and O–H groups in total. The highest BCUT2D eigenvalue weighted by Gasteiger charge is 2.34. The summed E-state index contributed by atoms with van der Waals surface area (Å²) < 4.78 is 16.9. The van der Waals surface area contributed by atoms with Crippen LogP contribution in [-0.4, -0.2) is 10.9 Å². The third kappa shape index (κ3) is 2.55. The summed E-state index contributed by atoms with van der Waals surface area (Å²) in [6.07, 6.45) is 0.795. The van der Waals surface area contributed by atoms with Crippen molar-refractivity contribution >= 4 is 5.69 Å². The average molecular weight is 288 g/mol. The first kappa shape index (κ1) is 13.8. The second-order valence-electron chi connectivity index (χ2n) is 5.51. The van der Waals surface area contributed by atoms with Crippen molar-refractivity contribution < 1.29 is 14.0 Å². The molecule has 5 nitrogen and oxygen atoms in total. The second-order valence-corrected chi connectivity index (χ2v) is 5.51. The molecule has 0 radical (unpaired) electrons. The lowest BCUT2D eigenvalue weighted by Gasteiger charge is -2.20. The van der Waals surface area contributed by atoms with E-state index >= 15 is 0 Å². The van der Waals surface area contributed by atoms with Crippen molar-refractivity contribution in [3.8, 4) is 11.5 Å². The number of ether oxygens (including phenoxy) is 2. The van der Waals surface area contributed by atoms with Crippen LogP contribution >= 0.6 is 0 Å². The zero-order chi connectivity index (χ0) is 15.0. The number of fused-ring (bicyclic) bond motifs is 1. The molecule has 2 heterocycles. The summed E-state index contributed by atoms with van der Waals surface area (Å²) in [6.45, 7) is 8.53. The van der Waals surface area contributed by atoms with Gasteiger partial charge in [-0.25, -0.2) is 0 Å². The van der Waals surface area contributed by atoms with Gasteiger partial charge in [-0.15, -0.1) is 0 Å². The van der Waals surface area contributed by atoms with Gasteiger partial charge in [-0.05, 0) is 26.0 Å². The summed E-state index contributed by atoms with van der Waals surface area (Å²) in [5.74, 6) is 1.87. The predicted molar refractivity (Wildman–Crippen MR) is 79.7 cm³/mol. The Kier molecular flexibility index (Phi) is 3.27. The van der Waals surface area contributed by atoms with Crippen LogP contribution in [0.25, 0.3) is 0 Å². The van der Waals surface area contributed by atoms with Gasteiger partial charge in [0.05, 0.1) is 5.69 Å². The van der Waals surface area contributed by atoms with E-state index < -0.39 is 5.79 Å². The van der Waals surface area contributed by atoms with Gasteiger partial charge in [0.25, 0.3) is 0 Å². The van der Waals surface area contributed by atoms with Gasteiger partial charge in [0.2, 0.25) is 5.79 Å². The van der Waals surface area contributed by atoms with Crippen molar-refractivity contribution in [1.82, 2.24) is 5.16 Å². The monoisotopic (exact) mass is 288 g/mol. The fourth-order valence-corrected chi connectivity index (χ4v) is 2.36. The van der Waals surface area contributed by atoms with E-state index in [0.29, 0.717) is 6.54 Å². The highest BCUT2D eigenvalue weighted by molar-refractivity contribution is 5.56. The summed E-state index contributed by atoms with van der Waals surface area (Å²) in [4.78, 5) is 0. The predicted octanol–water partition coefficient (Wildman–Crippen LogP) is 3.80. The molecular weight excluding hydrogens is 268 g/mol. The molecule has 3 rings (SSSR count). The van der Waals surface area contributed by atoms with Crippen LogP contribution < -0.4 is 14.8 Å². The summed E-state index contributed by atoms with van der Waals surface area (Å²) in [5.41, 5.74) is 2.99. The normalized spacial score (nSPS) is 19.8. The number of rotatable bonds is 4. The molecule has 0 bridgehead atoms. The number of anilines is 1. The summed E-state index contributed by atoms with van der Waals surface area (Å²) >= 11 is 0. The quantitative estimate of drug-likeness (QED) is 0.927. The first-order chi connectivity index (χ1) is 10.0. The second kappa shape index (κ2) is 4.98. The van der Waals surface area contributed by atoms with E-state index in [-0.39, 0.29) is 0 Å². The Morgan fingerprint density at radius 2 is 1.95 bits per heavy atom. The Morgan fingerprint density at radius 3 is 2.62 bits per heavy atom. The van der Waals surface area contributed by atoms with E-state index in [1.165, 1.54) is 0 Å². The van der Waals surface area contributed by atoms with E-state index in [9.17, 15) is 0 Å². The SMILES string of the molecule is CC[C@@]1(C)Oc2ccc(NCc3c(C)noc3C)cc2O1. The third-order valence-electron chi connectivity index (χ3n) is 3.89. The Morgan fingerprint density at radius 1 is 1.19 bits per heavy atom. The fraction of sp³-hybridized carbons (Fsp3) is 0.438. The maximum absolute atomic E-state index is 5.88. The van der Waals surface area contributed by atoms with Crippen molar-refractivity contribution in [3.63, 3.8) is 0 Å². The number of aromatic nitrogens is 1. The van der Waals surface area contributed by atoms with Gasteiger partial charge in [0, 0.05) is 37.2 Å². The molecule has 1 aromatic carbocycles. The van der Waals surface area contributed by atoms with Gasteiger partial charge in [0.15, 0.2) is 11.5 Å². The minimum absolute atomic E-state index is 0.553. The van der Waals surface area contributed by atoms with Gasteiger partial charge in [0.1, 0.15) is 5.76 Å². The van der Waals surface area contributed by atoms with E-state index in [0.717, 1.165) is 40.6 Å². The maximum atomic E-state index is 5.88. The first-order valence-electron chi connectivity index (χ1n) is 7.18. The number of aryl methyl sites for hydroxylation is 2. The molecule has 0 aliphatic carbocycles. The molecule has 0 saturated carbocycles. The minimum atomic E-state index is -0.553. The fourth-order valence-electron chi connectivity index (χ4n) is 2.36. The average Bonchev–Trinajstić information content (AvgIpc) is 2.96. The van der Waals surface area contributed by atoms with Crippen LogP contribution in [0.1, 0.15) is 37.3 Å². The molecule has 0 unspecified atom stereocenters. The largest absolute Gasteiger partial charge is 0.449 e. The Labute approximate surface area is 124 Å². The molecule has 1 aliphatic heterocycles. The van der Waals surface area contributed by atoms with Crippen LogP contribution in [0.15, 0.2) is 22.7 Å². The topological polar surface area (TPSA) is 56.5 Å². The van der Waals surface area contributed by atoms with Gasteiger partial charge in [-0.3, -0.25) is 0 Å². The maximum Gasteiger partial charge on any atom is 0.248 e. The zero-order valence-corrected chi connectivity index (χ0v) is 12.8. The molecule has 0 spiro atoms. The summed E-state index contributed by atoms with van der Waals surface area (Å²) in [5, 5.41) is 7.32. The molecule has 0 fully saturated rings. The van der Waals surface area contributed by atoms with Gasteiger partial charge in [-0.2, -0.15) is 0 Å². The molecule has 1 aliphatic rings. The Hall–Kier alpha value is -2.17. The van der Waals surface area contributed by atoms with E-state index in [4.69, 9.17) is 14.0 Å². The molecule has 5 heteroatoms. The molecule has 21 heavy (non-hydrogen) atoms. The summed E-state index contributed by atoms with van der Waals surface area (Å²) in [7, 11) is 0. The van der Waals surface area contributed by atoms with Crippen molar-refractivity contribution in [3.05, 3.63) is 35.2 Å². The lowest BCUT2D eigenvalue weighted by molar-refractivity contribution is -0.0640. The number of nitrogens with zero attached hydrogens (tertiary/aromatic N) is 1. The first-order valence-corrected chi connectivity index (χ1v) is 7.18. The van der Waals surface area contributed by atoms with Crippen LogP contribution in [0.2, 0.25) is 0 Å². The number of hydrogen-bond donors (Lipinski definition) is 1. The molecule has 2 aromatic rings. The Bertz CT molecular complexity index is 646. The van der Waals surface area contributed by atoms with E-state index in [1.54, 1.807) is 0 Å². The molecule has 0 saturated heterocycles. The Balaban J connectivity index is 1.73. The third-order valence-corrected chi connectivity index (χ3v) is 3.89. The highest BCUT2D eigenvalue weighted by atomic mass is 16.7. The highest BCUT2D eigenvalue weighted by Crippen LogP contribution is 2.42. The van der Waals surface area contributed by atoms with Crippen LogP contribution in [0.5, 0.6) is 11.5 Å². The van der Waals surface area contributed by atoms with Crippen molar-refractivity contribution in [1.29, 1.82) is 0 Å². The van der Waals surface area contributed by atoms with Crippen molar-refractivity contribution in [2.24, 2.45) is 0 Å². The van der Waals surface area contributed by atoms with Crippen molar-refractivity contribution in [2.75, 3.05) is 5.32 Å². The lowest BCUT2D eigenvalue weighted by Crippen LogP contribution is -2.33. The number of hydrogen-bond acceptors (Lipinski definition) is 5. The minimum Gasteiger partial charge on any atom is -0.449 e. The lowest BCUT2D eigenvalue weighted by atomic mass is 10.2. The molecule has 1 aromatic heterocycles. The van der Waals surface area contributed by atoms with Crippen LogP contribution in [0, 0.1) is 13.8 Å². The number of nitrogens with one attached hydrogen (secondary N) is 1.